The van der Waals surface area contributed by atoms with Crippen molar-refractivity contribution >= 4 is 33.2 Å². The molecule has 0 unspecified atom stereocenters. The third kappa shape index (κ3) is 5.22. The molecule has 1 N–H and O–H groups in total. The Kier molecular flexibility index (Phi) is 7.03. The van der Waals surface area contributed by atoms with Crippen LogP contribution in [-0.4, -0.2) is 34.0 Å². The van der Waals surface area contributed by atoms with Gasteiger partial charge in [0.15, 0.2) is 0 Å². The number of nitrogens with zero attached hydrogens (tertiary/aromatic N) is 1. The molecule has 2 aromatic rings. The van der Waals surface area contributed by atoms with Gasteiger partial charge in [-0.05, 0) is 43.2 Å². The summed E-state index contributed by atoms with van der Waals surface area (Å²) in [6, 6.07) is 12.8. The molecule has 8 heteroatoms. The lowest BCUT2D eigenvalue weighted by Crippen LogP contribution is -2.45. The molecule has 6 nitrogen and oxygen atoms in total. The van der Waals surface area contributed by atoms with Crippen molar-refractivity contribution in [1.82, 2.24) is 5.32 Å². The molecule has 1 saturated carbocycles. The van der Waals surface area contributed by atoms with E-state index in [-0.39, 0.29) is 29.1 Å². The SMILES string of the molecule is COc1ccc(Cl)cc1N(CC(=O)NC1CCCCC1)S(=O)(=O)c1ccccc1. The lowest BCUT2D eigenvalue weighted by Gasteiger charge is -2.28. The van der Waals surface area contributed by atoms with E-state index in [1.807, 2.05) is 0 Å². The predicted molar refractivity (Wildman–Crippen MR) is 114 cm³/mol. The summed E-state index contributed by atoms with van der Waals surface area (Å²) in [5.41, 5.74) is 0.225. The van der Waals surface area contributed by atoms with Crippen LogP contribution in [0.4, 0.5) is 5.69 Å². The molecule has 0 bridgehead atoms. The molecule has 1 aliphatic rings. The fourth-order valence-electron chi connectivity index (χ4n) is 3.53. The second kappa shape index (κ2) is 9.50. The second-order valence-corrected chi connectivity index (χ2v) is 9.34. The molecule has 29 heavy (non-hydrogen) atoms. The number of nitrogens with one attached hydrogen (secondary N) is 1. The highest BCUT2D eigenvalue weighted by Crippen LogP contribution is 2.34. The van der Waals surface area contributed by atoms with Crippen molar-refractivity contribution in [1.29, 1.82) is 0 Å². The molecule has 156 valence electrons. The maximum atomic E-state index is 13.4. The fourth-order valence-corrected chi connectivity index (χ4v) is 5.14. The Morgan fingerprint density at radius 3 is 2.48 bits per heavy atom. The van der Waals surface area contributed by atoms with Crippen LogP contribution in [0.5, 0.6) is 5.75 Å². The zero-order chi connectivity index (χ0) is 20.9. The molecule has 0 spiro atoms. The predicted octanol–water partition coefficient (Wildman–Crippen LogP) is 3.99. The van der Waals surface area contributed by atoms with Gasteiger partial charge in [-0.15, -0.1) is 0 Å². The average Bonchev–Trinajstić information content (AvgIpc) is 2.73. The molecule has 0 aromatic heterocycles. The molecule has 0 atom stereocenters. The number of methoxy groups -OCH3 is 1. The van der Waals surface area contributed by atoms with Gasteiger partial charge in [-0.2, -0.15) is 0 Å². The number of carbonyl (C=O) groups excluding carboxylic acids is 1. The number of ether oxygens (including phenoxy) is 1. The highest BCUT2D eigenvalue weighted by molar-refractivity contribution is 7.92. The van der Waals surface area contributed by atoms with E-state index in [4.69, 9.17) is 16.3 Å². The van der Waals surface area contributed by atoms with E-state index < -0.39 is 10.0 Å². The van der Waals surface area contributed by atoms with Crippen LogP contribution in [0.3, 0.4) is 0 Å². The number of rotatable bonds is 7. The third-order valence-corrected chi connectivity index (χ3v) is 7.01. The first-order valence-corrected chi connectivity index (χ1v) is 11.4. The van der Waals surface area contributed by atoms with E-state index in [1.54, 1.807) is 30.3 Å². The summed E-state index contributed by atoms with van der Waals surface area (Å²) >= 11 is 6.13. The number of anilines is 1. The maximum Gasteiger partial charge on any atom is 0.264 e. The van der Waals surface area contributed by atoms with Gasteiger partial charge in [0.05, 0.1) is 17.7 Å². The van der Waals surface area contributed by atoms with E-state index in [0.717, 1.165) is 30.0 Å². The Balaban J connectivity index is 1.96. The molecule has 1 fully saturated rings. The van der Waals surface area contributed by atoms with Gasteiger partial charge in [-0.25, -0.2) is 8.42 Å². The van der Waals surface area contributed by atoms with E-state index in [0.29, 0.717) is 10.8 Å². The molecule has 0 heterocycles. The minimum absolute atomic E-state index is 0.0822. The molecule has 2 aromatic carbocycles. The summed E-state index contributed by atoms with van der Waals surface area (Å²) in [7, 11) is -2.56. The van der Waals surface area contributed by atoms with Crippen LogP contribution in [0, 0.1) is 0 Å². The zero-order valence-electron chi connectivity index (χ0n) is 16.3. The minimum Gasteiger partial charge on any atom is -0.495 e. The summed E-state index contributed by atoms with van der Waals surface area (Å²) in [6.07, 6.45) is 5.13. The molecule has 0 radical (unpaired) electrons. The number of carbonyl (C=O) groups is 1. The number of amides is 1. The minimum atomic E-state index is -4.01. The summed E-state index contributed by atoms with van der Waals surface area (Å²) in [5, 5.41) is 3.32. The van der Waals surface area contributed by atoms with Gasteiger partial charge in [0, 0.05) is 11.1 Å². The largest absolute Gasteiger partial charge is 0.495 e. The molecule has 0 saturated heterocycles. The first-order chi connectivity index (χ1) is 13.9. The van der Waals surface area contributed by atoms with Crippen LogP contribution in [0.1, 0.15) is 32.1 Å². The van der Waals surface area contributed by atoms with Gasteiger partial charge in [-0.3, -0.25) is 9.10 Å². The molecular weight excluding hydrogens is 412 g/mol. The van der Waals surface area contributed by atoms with E-state index in [2.05, 4.69) is 5.32 Å². The Labute approximate surface area is 176 Å². The summed E-state index contributed by atoms with van der Waals surface area (Å²) in [5.74, 6) is -0.0298. The van der Waals surface area contributed by atoms with Gasteiger partial charge < -0.3 is 10.1 Å². The highest BCUT2D eigenvalue weighted by atomic mass is 35.5. The van der Waals surface area contributed by atoms with Crippen molar-refractivity contribution in [3.05, 3.63) is 53.6 Å². The van der Waals surface area contributed by atoms with Crippen LogP contribution in [0.2, 0.25) is 5.02 Å². The smallest absolute Gasteiger partial charge is 0.264 e. The van der Waals surface area contributed by atoms with Gasteiger partial charge >= 0.3 is 0 Å². The Bertz CT molecular complexity index is 944. The zero-order valence-corrected chi connectivity index (χ0v) is 17.9. The van der Waals surface area contributed by atoms with Crippen molar-refractivity contribution in [2.75, 3.05) is 18.0 Å². The van der Waals surface area contributed by atoms with Crippen LogP contribution >= 0.6 is 11.6 Å². The van der Waals surface area contributed by atoms with Gasteiger partial charge in [0.1, 0.15) is 12.3 Å². The van der Waals surface area contributed by atoms with Crippen LogP contribution in [0.15, 0.2) is 53.4 Å². The van der Waals surface area contributed by atoms with E-state index in [1.165, 1.54) is 31.7 Å². The van der Waals surface area contributed by atoms with E-state index in [9.17, 15) is 13.2 Å². The van der Waals surface area contributed by atoms with Crippen LogP contribution in [0.25, 0.3) is 0 Å². The second-order valence-electron chi connectivity index (χ2n) is 7.04. The maximum absolute atomic E-state index is 13.4. The van der Waals surface area contributed by atoms with Gasteiger partial charge in [0.2, 0.25) is 5.91 Å². The van der Waals surface area contributed by atoms with Gasteiger partial charge in [-0.1, -0.05) is 49.1 Å². The number of sulfonamides is 1. The Hall–Kier alpha value is -2.25. The quantitative estimate of drug-likeness (QED) is 0.711. The lowest BCUT2D eigenvalue weighted by molar-refractivity contribution is -0.120. The van der Waals surface area contributed by atoms with Crippen molar-refractivity contribution in [3.63, 3.8) is 0 Å². The molecule has 3 rings (SSSR count). The standard InChI is InChI=1S/C21H25ClN2O4S/c1-28-20-13-12-16(22)14-19(20)24(29(26,27)18-10-6-3-7-11-18)15-21(25)23-17-8-4-2-5-9-17/h3,6-7,10-14,17H,2,4-5,8-9,15H2,1H3,(H,23,25). The molecular formula is C21H25ClN2O4S. The highest BCUT2D eigenvalue weighted by Gasteiger charge is 2.30. The average molecular weight is 437 g/mol. The topological polar surface area (TPSA) is 75.7 Å². The molecule has 1 amide bonds. The first-order valence-electron chi connectivity index (χ1n) is 9.62. The first kappa shape index (κ1) is 21.5. The van der Waals surface area contributed by atoms with Crippen LogP contribution in [-0.2, 0) is 14.8 Å². The van der Waals surface area contributed by atoms with Crippen molar-refractivity contribution in [3.8, 4) is 5.75 Å². The number of benzene rings is 2. The Morgan fingerprint density at radius 1 is 1.14 bits per heavy atom. The molecule has 0 aliphatic heterocycles. The third-order valence-electron chi connectivity index (χ3n) is 5.00. The lowest BCUT2D eigenvalue weighted by atomic mass is 9.95. The van der Waals surface area contributed by atoms with Crippen LogP contribution < -0.4 is 14.4 Å². The number of halogens is 1. The van der Waals surface area contributed by atoms with Gasteiger partial charge in [0.25, 0.3) is 10.0 Å². The normalized spacial score (nSPS) is 15.0. The van der Waals surface area contributed by atoms with E-state index >= 15 is 0 Å². The van der Waals surface area contributed by atoms with Crippen molar-refractivity contribution in [2.24, 2.45) is 0 Å². The van der Waals surface area contributed by atoms with Crippen molar-refractivity contribution in [2.45, 2.75) is 43.0 Å². The fraction of sp³-hybridized carbons (Fsp3) is 0.381. The number of hydrogen-bond acceptors (Lipinski definition) is 4. The monoisotopic (exact) mass is 436 g/mol. The summed E-state index contributed by atoms with van der Waals surface area (Å²) in [4.78, 5) is 12.9. The van der Waals surface area contributed by atoms with Crippen molar-refractivity contribution < 1.29 is 17.9 Å². The number of hydrogen-bond donors (Lipinski definition) is 1. The Morgan fingerprint density at radius 2 is 1.83 bits per heavy atom. The summed E-state index contributed by atoms with van der Waals surface area (Å²) in [6.45, 7) is -0.357. The molecule has 1 aliphatic carbocycles. The summed E-state index contributed by atoms with van der Waals surface area (Å²) < 4.78 is 33.2.